The summed E-state index contributed by atoms with van der Waals surface area (Å²) in [7, 11) is 0. The maximum absolute atomic E-state index is 12.3. The van der Waals surface area contributed by atoms with Gasteiger partial charge in [-0.05, 0) is 62.4 Å². The Balaban J connectivity index is 1.67. The van der Waals surface area contributed by atoms with Gasteiger partial charge in [0.1, 0.15) is 5.75 Å². The van der Waals surface area contributed by atoms with Gasteiger partial charge in [-0.3, -0.25) is 9.59 Å². The molecular weight excluding hydrogens is 356 g/mol. The van der Waals surface area contributed by atoms with Gasteiger partial charge in [0.25, 0.3) is 5.91 Å². The third kappa shape index (κ3) is 4.70. The zero-order valence-electron chi connectivity index (χ0n) is 15.6. The average Bonchev–Trinajstić information content (AvgIpc) is 2.70. The van der Waals surface area contributed by atoms with Crippen LogP contribution in [-0.2, 0) is 0 Å². The summed E-state index contributed by atoms with van der Waals surface area (Å²) in [6.45, 7) is 3.96. The van der Waals surface area contributed by atoms with Crippen molar-refractivity contribution in [1.29, 1.82) is 0 Å². The summed E-state index contributed by atoms with van der Waals surface area (Å²) in [5, 5.41) is 13.9. The lowest BCUT2D eigenvalue weighted by molar-refractivity contribution is 0.101. The number of para-hydroxylation sites is 2. The summed E-state index contributed by atoms with van der Waals surface area (Å²) < 4.78 is 5.56. The molecule has 3 aromatic rings. The number of nitrogens with one attached hydrogen (secondary N) is 2. The van der Waals surface area contributed by atoms with E-state index in [-0.39, 0.29) is 17.4 Å². The predicted octanol–water partition coefficient (Wildman–Crippen LogP) is 4.07. The standard InChI is InChI=1S/C21H20N4O3/c1-3-28-19-7-5-4-6-17(19)23-20-13-12-18(24-25-20)21(27)22-16-10-8-15(9-11-16)14(2)26/h4-13H,3H2,1-2H3,(H,22,27)(H,23,25). The molecule has 1 aromatic heterocycles. The fourth-order valence-corrected chi connectivity index (χ4v) is 2.49. The number of aromatic nitrogens is 2. The Morgan fingerprint density at radius 3 is 2.36 bits per heavy atom. The molecule has 0 aliphatic carbocycles. The number of carbonyl (C=O) groups is 2. The summed E-state index contributed by atoms with van der Waals surface area (Å²) in [6, 6.07) is 17.4. The third-order valence-corrected chi connectivity index (χ3v) is 3.90. The van der Waals surface area contributed by atoms with Crippen LogP contribution in [0, 0.1) is 0 Å². The van der Waals surface area contributed by atoms with Gasteiger partial charge < -0.3 is 15.4 Å². The molecule has 1 amide bonds. The van der Waals surface area contributed by atoms with E-state index in [1.54, 1.807) is 36.4 Å². The number of carbonyl (C=O) groups excluding carboxylic acids is 2. The lowest BCUT2D eigenvalue weighted by Gasteiger charge is -2.11. The Bertz CT molecular complexity index is 970. The molecular formula is C21H20N4O3. The molecule has 0 saturated carbocycles. The highest BCUT2D eigenvalue weighted by Gasteiger charge is 2.10. The molecule has 2 aromatic carbocycles. The zero-order valence-corrected chi connectivity index (χ0v) is 15.6. The van der Waals surface area contributed by atoms with Crippen molar-refractivity contribution < 1.29 is 14.3 Å². The number of hydrogen-bond donors (Lipinski definition) is 2. The van der Waals surface area contributed by atoms with Gasteiger partial charge >= 0.3 is 0 Å². The maximum Gasteiger partial charge on any atom is 0.276 e. The monoisotopic (exact) mass is 376 g/mol. The van der Waals surface area contributed by atoms with Crippen molar-refractivity contribution in [2.75, 3.05) is 17.2 Å². The van der Waals surface area contributed by atoms with Crippen LogP contribution in [0.3, 0.4) is 0 Å². The van der Waals surface area contributed by atoms with E-state index >= 15 is 0 Å². The lowest BCUT2D eigenvalue weighted by atomic mass is 10.1. The minimum atomic E-state index is -0.385. The normalized spacial score (nSPS) is 10.2. The minimum Gasteiger partial charge on any atom is -0.492 e. The fraction of sp³-hybridized carbons (Fsp3) is 0.143. The van der Waals surface area contributed by atoms with E-state index in [0.29, 0.717) is 29.4 Å². The molecule has 0 aliphatic rings. The number of ketones is 1. The molecule has 0 spiro atoms. The molecule has 0 atom stereocenters. The maximum atomic E-state index is 12.3. The molecule has 0 aliphatic heterocycles. The van der Waals surface area contributed by atoms with E-state index < -0.39 is 0 Å². The Morgan fingerprint density at radius 1 is 0.964 bits per heavy atom. The average molecular weight is 376 g/mol. The van der Waals surface area contributed by atoms with Crippen LogP contribution in [0.1, 0.15) is 34.7 Å². The largest absolute Gasteiger partial charge is 0.492 e. The van der Waals surface area contributed by atoms with Crippen LogP contribution in [0.25, 0.3) is 0 Å². The molecule has 0 bridgehead atoms. The molecule has 7 heteroatoms. The van der Waals surface area contributed by atoms with Crippen molar-refractivity contribution in [2.24, 2.45) is 0 Å². The number of amides is 1. The van der Waals surface area contributed by atoms with Crippen LogP contribution in [0.4, 0.5) is 17.2 Å². The molecule has 0 unspecified atom stereocenters. The first kappa shape index (κ1) is 19.0. The van der Waals surface area contributed by atoms with Gasteiger partial charge in [-0.25, -0.2) is 0 Å². The second-order valence-corrected chi connectivity index (χ2v) is 5.95. The van der Waals surface area contributed by atoms with Gasteiger partial charge in [0.15, 0.2) is 17.3 Å². The van der Waals surface area contributed by atoms with Gasteiger partial charge in [-0.15, -0.1) is 10.2 Å². The van der Waals surface area contributed by atoms with E-state index in [1.165, 1.54) is 6.92 Å². The second kappa shape index (κ2) is 8.77. The summed E-state index contributed by atoms with van der Waals surface area (Å²) in [6.07, 6.45) is 0. The van der Waals surface area contributed by atoms with E-state index in [4.69, 9.17) is 4.74 Å². The highest BCUT2D eigenvalue weighted by Crippen LogP contribution is 2.26. The van der Waals surface area contributed by atoms with Crippen LogP contribution in [-0.4, -0.2) is 28.5 Å². The van der Waals surface area contributed by atoms with Crippen molar-refractivity contribution in [3.8, 4) is 5.75 Å². The van der Waals surface area contributed by atoms with E-state index in [9.17, 15) is 9.59 Å². The molecule has 0 radical (unpaired) electrons. The lowest BCUT2D eigenvalue weighted by Crippen LogP contribution is -2.14. The van der Waals surface area contributed by atoms with Crippen molar-refractivity contribution in [3.63, 3.8) is 0 Å². The van der Waals surface area contributed by atoms with E-state index in [1.807, 2.05) is 31.2 Å². The Morgan fingerprint density at radius 2 is 1.71 bits per heavy atom. The number of benzene rings is 2. The van der Waals surface area contributed by atoms with Crippen LogP contribution in [0.15, 0.2) is 60.7 Å². The Kier molecular flexibility index (Phi) is 5.96. The highest BCUT2D eigenvalue weighted by atomic mass is 16.5. The predicted molar refractivity (Wildman–Crippen MR) is 107 cm³/mol. The topological polar surface area (TPSA) is 93.2 Å². The van der Waals surface area contributed by atoms with Crippen LogP contribution in [0.5, 0.6) is 5.75 Å². The van der Waals surface area contributed by atoms with Gasteiger partial charge in [0, 0.05) is 11.3 Å². The Hall–Kier alpha value is -3.74. The van der Waals surface area contributed by atoms with Crippen molar-refractivity contribution >= 4 is 28.9 Å². The summed E-state index contributed by atoms with van der Waals surface area (Å²) in [5.41, 5.74) is 2.10. The van der Waals surface area contributed by atoms with Crippen LogP contribution in [0.2, 0.25) is 0 Å². The first-order valence-electron chi connectivity index (χ1n) is 8.81. The number of nitrogens with zero attached hydrogens (tertiary/aromatic N) is 2. The zero-order chi connectivity index (χ0) is 19.9. The third-order valence-electron chi connectivity index (χ3n) is 3.90. The number of ether oxygens (including phenoxy) is 1. The summed E-state index contributed by atoms with van der Waals surface area (Å²) in [5.74, 6) is 0.791. The summed E-state index contributed by atoms with van der Waals surface area (Å²) >= 11 is 0. The molecule has 0 fully saturated rings. The number of Topliss-reactive ketones (excluding diaryl/α,β-unsaturated/α-hetero) is 1. The van der Waals surface area contributed by atoms with Gasteiger partial charge in [-0.1, -0.05) is 12.1 Å². The SMILES string of the molecule is CCOc1ccccc1Nc1ccc(C(=O)Nc2ccc(C(C)=O)cc2)nn1. The van der Waals surface area contributed by atoms with Gasteiger partial charge in [0.2, 0.25) is 0 Å². The molecule has 28 heavy (non-hydrogen) atoms. The van der Waals surface area contributed by atoms with Crippen molar-refractivity contribution in [1.82, 2.24) is 10.2 Å². The second-order valence-electron chi connectivity index (χ2n) is 5.95. The number of rotatable bonds is 7. The van der Waals surface area contributed by atoms with E-state index in [2.05, 4.69) is 20.8 Å². The van der Waals surface area contributed by atoms with Gasteiger partial charge in [-0.2, -0.15) is 0 Å². The molecule has 1 heterocycles. The van der Waals surface area contributed by atoms with E-state index in [0.717, 1.165) is 5.69 Å². The number of hydrogen-bond acceptors (Lipinski definition) is 6. The smallest absolute Gasteiger partial charge is 0.276 e. The molecule has 142 valence electrons. The summed E-state index contributed by atoms with van der Waals surface area (Å²) in [4.78, 5) is 23.6. The quantitative estimate of drug-likeness (QED) is 0.604. The van der Waals surface area contributed by atoms with Gasteiger partial charge in [0.05, 0.1) is 12.3 Å². The van der Waals surface area contributed by atoms with Crippen LogP contribution >= 0.6 is 0 Å². The first-order chi connectivity index (χ1) is 13.6. The van der Waals surface area contributed by atoms with Crippen molar-refractivity contribution in [3.05, 3.63) is 71.9 Å². The highest BCUT2D eigenvalue weighted by molar-refractivity contribution is 6.03. The molecule has 7 nitrogen and oxygen atoms in total. The Labute approximate surface area is 162 Å². The molecule has 0 saturated heterocycles. The van der Waals surface area contributed by atoms with Crippen molar-refractivity contribution in [2.45, 2.75) is 13.8 Å². The number of anilines is 3. The van der Waals surface area contributed by atoms with Crippen LogP contribution < -0.4 is 15.4 Å². The molecule has 2 N–H and O–H groups in total. The minimum absolute atomic E-state index is 0.0299. The first-order valence-corrected chi connectivity index (χ1v) is 8.81. The fourth-order valence-electron chi connectivity index (χ4n) is 2.49. The molecule has 3 rings (SSSR count).